The maximum absolute atomic E-state index is 12.8. The maximum Gasteiger partial charge on any atom is 0.253 e. The van der Waals surface area contributed by atoms with E-state index in [9.17, 15) is 4.79 Å². The third kappa shape index (κ3) is 4.71. The van der Waals surface area contributed by atoms with Crippen LogP contribution < -0.4 is 10.9 Å². The van der Waals surface area contributed by atoms with Gasteiger partial charge in [0.1, 0.15) is 0 Å². The number of thiocarbonyl (C=S) groups is 1. The van der Waals surface area contributed by atoms with E-state index in [1.807, 2.05) is 54.3 Å². The molecule has 1 unspecified atom stereocenters. The van der Waals surface area contributed by atoms with Gasteiger partial charge in [0.05, 0.1) is 12.6 Å². The highest BCUT2D eigenvalue weighted by Crippen LogP contribution is 2.20. The predicted molar refractivity (Wildman–Crippen MR) is 126 cm³/mol. The van der Waals surface area contributed by atoms with E-state index in [-0.39, 0.29) is 11.7 Å². The smallest absolute Gasteiger partial charge is 0.253 e. The molecule has 6 heteroatoms. The molecule has 2 N–H and O–H groups in total. The van der Waals surface area contributed by atoms with Crippen LogP contribution in [0.25, 0.3) is 10.9 Å². The summed E-state index contributed by atoms with van der Waals surface area (Å²) in [6.45, 7) is 5.98. The van der Waals surface area contributed by atoms with E-state index in [0.29, 0.717) is 23.8 Å². The van der Waals surface area contributed by atoms with E-state index in [0.717, 1.165) is 47.2 Å². The number of nitrogens with one attached hydrogen (secondary N) is 2. The Hall–Kier alpha value is -2.70. The summed E-state index contributed by atoms with van der Waals surface area (Å²) >= 11 is 5.72. The second-order valence-electron chi connectivity index (χ2n) is 7.98. The third-order valence-corrected chi connectivity index (χ3v) is 5.87. The summed E-state index contributed by atoms with van der Waals surface area (Å²) in [5.41, 5.74) is 4.71. The molecule has 1 saturated heterocycles. The lowest BCUT2D eigenvalue weighted by molar-refractivity contribution is 0.0904. The average Bonchev–Trinajstić information content (AvgIpc) is 3.22. The van der Waals surface area contributed by atoms with Crippen LogP contribution in [0.5, 0.6) is 0 Å². The molecule has 0 radical (unpaired) electrons. The Morgan fingerprint density at radius 2 is 2.03 bits per heavy atom. The van der Waals surface area contributed by atoms with Crippen LogP contribution in [-0.2, 0) is 11.3 Å². The molecule has 0 saturated carbocycles. The molecule has 0 aliphatic carbocycles. The third-order valence-electron chi connectivity index (χ3n) is 5.51. The first-order valence-electron chi connectivity index (χ1n) is 10.4. The van der Waals surface area contributed by atoms with Gasteiger partial charge in [-0.2, -0.15) is 0 Å². The highest BCUT2D eigenvalue weighted by molar-refractivity contribution is 7.80. The quantitative estimate of drug-likeness (QED) is 0.593. The minimum atomic E-state index is -0.0765. The van der Waals surface area contributed by atoms with Gasteiger partial charge in [0.2, 0.25) is 0 Å². The van der Waals surface area contributed by atoms with Gasteiger partial charge >= 0.3 is 0 Å². The van der Waals surface area contributed by atoms with Crippen molar-refractivity contribution < 1.29 is 4.74 Å². The highest BCUT2D eigenvalue weighted by atomic mass is 32.1. The summed E-state index contributed by atoms with van der Waals surface area (Å²) in [5.74, 6) is 0. The summed E-state index contributed by atoms with van der Waals surface area (Å²) in [5, 5.41) is 4.96. The number of aromatic nitrogens is 1. The Bertz CT molecular complexity index is 1100. The predicted octanol–water partition coefficient (Wildman–Crippen LogP) is 4.52. The molecule has 1 atom stereocenters. The zero-order valence-corrected chi connectivity index (χ0v) is 18.2. The number of anilines is 1. The van der Waals surface area contributed by atoms with Gasteiger partial charge in [-0.05, 0) is 74.3 Å². The number of pyridine rings is 1. The number of hydrogen-bond donors (Lipinski definition) is 2. The number of benzene rings is 2. The molecule has 0 amide bonds. The first kappa shape index (κ1) is 20.6. The van der Waals surface area contributed by atoms with Gasteiger partial charge in [-0.3, -0.25) is 4.79 Å². The largest absolute Gasteiger partial charge is 0.376 e. The molecule has 1 aliphatic heterocycles. The molecule has 0 spiro atoms. The molecule has 1 aromatic heterocycles. The summed E-state index contributed by atoms with van der Waals surface area (Å²) in [7, 11) is 0. The fraction of sp³-hybridized carbons (Fsp3) is 0.333. The van der Waals surface area contributed by atoms with Gasteiger partial charge in [0, 0.05) is 35.3 Å². The Balaban J connectivity index is 1.62. The molecule has 30 heavy (non-hydrogen) atoms. The first-order chi connectivity index (χ1) is 14.5. The van der Waals surface area contributed by atoms with Crippen molar-refractivity contribution in [3.8, 4) is 0 Å². The van der Waals surface area contributed by atoms with Gasteiger partial charge in [-0.1, -0.05) is 24.3 Å². The average molecular weight is 422 g/mol. The Morgan fingerprint density at radius 1 is 1.23 bits per heavy atom. The van der Waals surface area contributed by atoms with Crippen molar-refractivity contribution in [2.24, 2.45) is 0 Å². The van der Waals surface area contributed by atoms with Gasteiger partial charge < -0.3 is 19.9 Å². The van der Waals surface area contributed by atoms with E-state index in [4.69, 9.17) is 17.0 Å². The number of ether oxygens (including phenoxy) is 1. The minimum absolute atomic E-state index is 0.0765. The molecular formula is C24H27N3O2S. The molecule has 4 rings (SSSR count). The topological polar surface area (TPSA) is 57.4 Å². The van der Waals surface area contributed by atoms with Crippen molar-refractivity contribution in [3.05, 3.63) is 75.6 Å². The van der Waals surface area contributed by atoms with Crippen LogP contribution >= 0.6 is 12.2 Å². The van der Waals surface area contributed by atoms with Gasteiger partial charge in [-0.15, -0.1) is 0 Å². The van der Waals surface area contributed by atoms with E-state index in [1.165, 1.54) is 0 Å². The number of H-pyrrole nitrogens is 1. The maximum atomic E-state index is 12.8. The Labute approximate surface area is 182 Å². The molecule has 2 aromatic carbocycles. The van der Waals surface area contributed by atoms with Gasteiger partial charge in [0.25, 0.3) is 5.56 Å². The van der Waals surface area contributed by atoms with Crippen molar-refractivity contribution in [2.75, 3.05) is 18.5 Å². The van der Waals surface area contributed by atoms with Crippen LogP contribution in [0.3, 0.4) is 0 Å². The zero-order chi connectivity index (χ0) is 21.1. The van der Waals surface area contributed by atoms with Crippen LogP contribution in [0, 0.1) is 13.8 Å². The fourth-order valence-corrected chi connectivity index (χ4v) is 4.27. The number of aryl methyl sites for hydroxylation is 2. The van der Waals surface area contributed by atoms with E-state index in [1.54, 1.807) is 0 Å². The molecule has 1 fully saturated rings. The highest BCUT2D eigenvalue weighted by Gasteiger charge is 2.22. The molecular weight excluding hydrogens is 394 g/mol. The SMILES string of the molecule is Cc1cc(C)c2cc(CN(CC3CCCO3)C(=S)Nc3ccccc3)c(=O)[nH]c2c1. The van der Waals surface area contributed by atoms with Gasteiger partial charge in [-0.25, -0.2) is 0 Å². The van der Waals surface area contributed by atoms with Crippen molar-refractivity contribution in [1.82, 2.24) is 9.88 Å². The van der Waals surface area contributed by atoms with Crippen molar-refractivity contribution in [3.63, 3.8) is 0 Å². The van der Waals surface area contributed by atoms with Crippen LogP contribution in [0.15, 0.2) is 53.3 Å². The molecule has 156 valence electrons. The number of hydrogen-bond acceptors (Lipinski definition) is 3. The Morgan fingerprint density at radius 3 is 2.77 bits per heavy atom. The fourth-order valence-electron chi connectivity index (χ4n) is 4.02. The van der Waals surface area contributed by atoms with E-state index < -0.39 is 0 Å². The van der Waals surface area contributed by atoms with Gasteiger partial charge in [0.15, 0.2) is 5.11 Å². The lowest BCUT2D eigenvalue weighted by atomic mass is 10.0. The second kappa shape index (κ2) is 8.98. The molecule has 2 heterocycles. The van der Waals surface area contributed by atoms with Crippen LogP contribution in [-0.4, -0.2) is 34.3 Å². The van der Waals surface area contributed by atoms with E-state index >= 15 is 0 Å². The second-order valence-corrected chi connectivity index (χ2v) is 8.37. The van der Waals surface area contributed by atoms with Crippen molar-refractivity contribution in [1.29, 1.82) is 0 Å². The van der Waals surface area contributed by atoms with Crippen LogP contribution in [0.1, 0.15) is 29.5 Å². The van der Waals surface area contributed by atoms with Crippen LogP contribution in [0.2, 0.25) is 0 Å². The lowest BCUT2D eigenvalue weighted by Gasteiger charge is -2.28. The number of rotatable bonds is 5. The van der Waals surface area contributed by atoms with Crippen LogP contribution in [0.4, 0.5) is 5.69 Å². The summed E-state index contributed by atoms with van der Waals surface area (Å²) < 4.78 is 5.84. The summed E-state index contributed by atoms with van der Waals surface area (Å²) in [6, 6.07) is 16.0. The normalized spacial score (nSPS) is 16.0. The minimum Gasteiger partial charge on any atom is -0.376 e. The first-order valence-corrected chi connectivity index (χ1v) is 10.8. The lowest BCUT2D eigenvalue weighted by Crippen LogP contribution is -2.40. The summed E-state index contributed by atoms with van der Waals surface area (Å²) in [4.78, 5) is 17.9. The molecule has 3 aromatic rings. The monoisotopic (exact) mass is 421 g/mol. The van der Waals surface area contributed by atoms with E-state index in [2.05, 4.69) is 23.3 Å². The summed E-state index contributed by atoms with van der Waals surface area (Å²) in [6.07, 6.45) is 2.20. The number of aromatic amines is 1. The van der Waals surface area contributed by atoms with Crippen molar-refractivity contribution >= 4 is 33.9 Å². The Kier molecular flexibility index (Phi) is 6.16. The van der Waals surface area contributed by atoms with Crippen molar-refractivity contribution in [2.45, 2.75) is 39.3 Å². The number of nitrogens with zero attached hydrogens (tertiary/aromatic N) is 1. The molecule has 5 nitrogen and oxygen atoms in total. The molecule has 1 aliphatic rings. The number of fused-ring (bicyclic) bond motifs is 1. The zero-order valence-electron chi connectivity index (χ0n) is 17.4. The standard InChI is InChI=1S/C24H27N3O2S/c1-16-11-17(2)21-13-18(23(28)26-22(21)12-16)14-27(15-20-9-6-10-29-20)24(30)25-19-7-4-3-5-8-19/h3-5,7-8,11-13,20H,6,9-10,14-15H2,1-2H3,(H,25,30)(H,26,28). The molecule has 0 bridgehead atoms. The number of para-hydroxylation sites is 1.